The fourth-order valence-electron chi connectivity index (χ4n) is 2.39. The van der Waals surface area contributed by atoms with Gasteiger partial charge in [0.25, 0.3) is 0 Å². The lowest BCUT2D eigenvalue weighted by molar-refractivity contribution is 0.0697. The molecule has 0 aliphatic carbocycles. The van der Waals surface area contributed by atoms with E-state index < -0.39 is 5.97 Å². The molecule has 0 aliphatic heterocycles. The molecule has 2 N–H and O–H groups in total. The number of aliphatic hydroxyl groups is 1. The fraction of sp³-hybridized carbons (Fsp3) is 0.400. The third-order valence-electron chi connectivity index (χ3n) is 3.58. The number of aryl methyl sites for hydroxylation is 1. The van der Waals surface area contributed by atoms with Gasteiger partial charge in [-0.15, -0.1) is 0 Å². The predicted octanol–water partition coefficient (Wildman–Crippen LogP) is 1.97. The molecule has 1 aromatic heterocycles. The van der Waals surface area contributed by atoms with Gasteiger partial charge in [0.1, 0.15) is 0 Å². The van der Waals surface area contributed by atoms with Gasteiger partial charge in [-0.1, -0.05) is 0 Å². The first-order valence-electron chi connectivity index (χ1n) is 6.57. The first-order chi connectivity index (χ1) is 9.56. The van der Waals surface area contributed by atoms with Crippen LogP contribution in [-0.2, 0) is 11.3 Å². The highest BCUT2D eigenvalue weighted by Crippen LogP contribution is 2.26. The molecule has 0 unspecified atom stereocenters. The monoisotopic (exact) mass is 277 g/mol. The van der Waals surface area contributed by atoms with Crippen molar-refractivity contribution in [2.75, 3.05) is 19.8 Å². The summed E-state index contributed by atoms with van der Waals surface area (Å²) in [7, 11) is 0. The largest absolute Gasteiger partial charge is 0.478 e. The molecule has 2 aromatic rings. The number of fused-ring (bicyclic) bond motifs is 1. The van der Waals surface area contributed by atoms with E-state index in [0.717, 1.165) is 22.2 Å². The molecule has 5 heteroatoms. The number of carboxylic acid groups (broad SMARTS) is 1. The van der Waals surface area contributed by atoms with Crippen molar-refractivity contribution in [1.29, 1.82) is 0 Å². The Balaban J connectivity index is 2.35. The zero-order valence-corrected chi connectivity index (χ0v) is 11.7. The van der Waals surface area contributed by atoms with Crippen molar-refractivity contribution in [3.8, 4) is 0 Å². The topological polar surface area (TPSA) is 71.7 Å². The summed E-state index contributed by atoms with van der Waals surface area (Å²) in [4.78, 5) is 11.0. The molecule has 0 radical (unpaired) electrons. The Morgan fingerprint density at radius 1 is 1.30 bits per heavy atom. The molecular formula is C15H19NO4. The second kappa shape index (κ2) is 6.07. The van der Waals surface area contributed by atoms with Gasteiger partial charge in [-0.3, -0.25) is 0 Å². The maximum Gasteiger partial charge on any atom is 0.335 e. The SMILES string of the molecule is Cc1c(C)n(CCOCCO)c2ccc(C(=O)O)cc12. The summed E-state index contributed by atoms with van der Waals surface area (Å²) in [6.07, 6.45) is 0. The van der Waals surface area contributed by atoms with Gasteiger partial charge in [0.15, 0.2) is 0 Å². The smallest absolute Gasteiger partial charge is 0.335 e. The second-order valence-corrected chi connectivity index (χ2v) is 4.74. The van der Waals surface area contributed by atoms with E-state index in [4.69, 9.17) is 14.9 Å². The van der Waals surface area contributed by atoms with Gasteiger partial charge < -0.3 is 19.5 Å². The van der Waals surface area contributed by atoms with Gasteiger partial charge in [-0.25, -0.2) is 4.79 Å². The molecular weight excluding hydrogens is 258 g/mol. The summed E-state index contributed by atoms with van der Waals surface area (Å²) in [5.41, 5.74) is 3.51. The van der Waals surface area contributed by atoms with E-state index in [2.05, 4.69) is 4.57 Å². The van der Waals surface area contributed by atoms with Gasteiger partial charge in [0.05, 0.1) is 25.4 Å². The summed E-state index contributed by atoms with van der Waals surface area (Å²) in [5.74, 6) is -0.914. The van der Waals surface area contributed by atoms with E-state index in [9.17, 15) is 4.79 Å². The highest BCUT2D eigenvalue weighted by molar-refractivity contribution is 5.95. The van der Waals surface area contributed by atoms with Crippen LogP contribution in [0, 0.1) is 13.8 Å². The van der Waals surface area contributed by atoms with Crippen molar-refractivity contribution in [2.24, 2.45) is 0 Å². The Morgan fingerprint density at radius 3 is 2.70 bits per heavy atom. The van der Waals surface area contributed by atoms with Crippen molar-refractivity contribution in [3.63, 3.8) is 0 Å². The summed E-state index contributed by atoms with van der Waals surface area (Å²) in [5, 5.41) is 18.7. The summed E-state index contributed by atoms with van der Waals surface area (Å²) < 4.78 is 7.42. The number of carboxylic acids is 1. The Labute approximate surface area is 117 Å². The Morgan fingerprint density at radius 2 is 2.05 bits per heavy atom. The molecule has 5 nitrogen and oxygen atoms in total. The van der Waals surface area contributed by atoms with Crippen LogP contribution in [0.25, 0.3) is 10.9 Å². The standard InChI is InChI=1S/C15H19NO4/c1-10-11(2)16(5-7-20-8-6-17)14-4-3-12(15(18)19)9-13(10)14/h3-4,9,17H,5-8H2,1-2H3,(H,18,19). The summed E-state index contributed by atoms with van der Waals surface area (Å²) in [6.45, 7) is 5.57. The second-order valence-electron chi connectivity index (χ2n) is 4.74. The van der Waals surface area contributed by atoms with Crippen LogP contribution in [0.2, 0.25) is 0 Å². The number of ether oxygens (including phenoxy) is 1. The molecule has 1 aromatic carbocycles. The highest BCUT2D eigenvalue weighted by atomic mass is 16.5. The van der Waals surface area contributed by atoms with Crippen molar-refractivity contribution >= 4 is 16.9 Å². The summed E-state index contributed by atoms with van der Waals surface area (Å²) >= 11 is 0. The number of hydrogen-bond donors (Lipinski definition) is 2. The van der Waals surface area contributed by atoms with Gasteiger partial charge >= 0.3 is 5.97 Å². The number of nitrogens with zero attached hydrogens (tertiary/aromatic N) is 1. The van der Waals surface area contributed by atoms with E-state index in [-0.39, 0.29) is 6.61 Å². The lowest BCUT2D eigenvalue weighted by Gasteiger charge is -2.09. The molecule has 0 amide bonds. The van der Waals surface area contributed by atoms with Crippen LogP contribution >= 0.6 is 0 Å². The fourth-order valence-corrected chi connectivity index (χ4v) is 2.39. The van der Waals surface area contributed by atoms with Crippen LogP contribution in [0.5, 0.6) is 0 Å². The predicted molar refractivity (Wildman–Crippen MR) is 76.3 cm³/mol. The molecule has 0 atom stereocenters. The minimum atomic E-state index is -0.914. The van der Waals surface area contributed by atoms with E-state index in [1.165, 1.54) is 0 Å². The number of benzene rings is 1. The lowest BCUT2D eigenvalue weighted by Crippen LogP contribution is -2.09. The molecule has 108 valence electrons. The highest BCUT2D eigenvalue weighted by Gasteiger charge is 2.13. The number of rotatable bonds is 6. The molecule has 0 bridgehead atoms. The molecule has 0 saturated carbocycles. The quantitative estimate of drug-likeness (QED) is 0.792. The van der Waals surface area contributed by atoms with Crippen molar-refractivity contribution in [1.82, 2.24) is 4.57 Å². The van der Waals surface area contributed by atoms with Gasteiger partial charge in [0, 0.05) is 23.1 Å². The third kappa shape index (κ3) is 2.69. The number of aliphatic hydroxyl groups excluding tert-OH is 1. The first kappa shape index (κ1) is 14.6. The molecule has 0 spiro atoms. The zero-order chi connectivity index (χ0) is 14.7. The Kier molecular flexibility index (Phi) is 4.42. The van der Waals surface area contributed by atoms with E-state index in [0.29, 0.717) is 25.3 Å². The van der Waals surface area contributed by atoms with Crippen LogP contribution in [0.15, 0.2) is 18.2 Å². The van der Waals surface area contributed by atoms with Gasteiger partial charge in [-0.05, 0) is 37.6 Å². The van der Waals surface area contributed by atoms with E-state index in [1.807, 2.05) is 19.9 Å². The third-order valence-corrected chi connectivity index (χ3v) is 3.58. The normalized spacial score (nSPS) is 11.2. The maximum atomic E-state index is 11.0. The van der Waals surface area contributed by atoms with Gasteiger partial charge in [-0.2, -0.15) is 0 Å². The molecule has 20 heavy (non-hydrogen) atoms. The van der Waals surface area contributed by atoms with E-state index >= 15 is 0 Å². The molecule has 0 fully saturated rings. The Hall–Kier alpha value is -1.85. The van der Waals surface area contributed by atoms with E-state index in [1.54, 1.807) is 12.1 Å². The summed E-state index contributed by atoms with van der Waals surface area (Å²) in [6, 6.07) is 5.17. The number of carbonyl (C=O) groups is 1. The average molecular weight is 277 g/mol. The van der Waals surface area contributed by atoms with Crippen molar-refractivity contribution < 1.29 is 19.7 Å². The zero-order valence-electron chi connectivity index (χ0n) is 11.7. The molecule has 0 saturated heterocycles. The van der Waals surface area contributed by atoms with Crippen LogP contribution in [0.3, 0.4) is 0 Å². The van der Waals surface area contributed by atoms with Gasteiger partial charge in [0.2, 0.25) is 0 Å². The molecule has 1 heterocycles. The number of aromatic nitrogens is 1. The number of aromatic carboxylic acids is 1. The minimum Gasteiger partial charge on any atom is -0.478 e. The first-order valence-corrected chi connectivity index (χ1v) is 6.57. The van der Waals surface area contributed by atoms with Crippen LogP contribution in [0.4, 0.5) is 0 Å². The molecule has 0 aliphatic rings. The minimum absolute atomic E-state index is 0.0202. The van der Waals surface area contributed by atoms with Crippen LogP contribution < -0.4 is 0 Å². The Bertz CT molecular complexity index is 630. The number of hydrogen-bond acceptors (Lipinski definition) is 3. The maximum absolute atomic E-state index is 11.0. The van der Waals surface area contributed by atoms with Crippen molar-refractivity contribution in [3.05, 3.63) is 35.0 Å². The van der Waals surface area contributed by atoms with Crippen LogP contribution in [0.1, 0.15) is 21.6 Å². The lowest BCUT2D eigenvalue weighted by atomic mass is 10.1. The molecule has 2 rings (SSSR count). The van der Waals surface area contributed by atoms with Crippen molar-refractivity contribution in [2.45, 2.75) is 20.4 Å². The average Bonchev–Trinajstić information content (AvgIpc) is 2.67. The van der Waals surface area contributed by atoms with Crippen LogP contribution in [-0.4, -0.2) is 40.6 Å².